The van der Waals surface area contributed by atoms with E-state index < -0.39 is 16.4 Å². The Hall–Kier alpha value is -2.18. The fraction of sp³-hybridized carbons (Fsp3) is 0.455. The van der Waals surface area contributed by atoms with Crippen molar-refractivity contribution in [3.63, 3.8) is 0 Å². The number of esters is 1. The van der Waals surface area contributed by atoms with Crippen LogP contribution in [0.5, 0.6) is 0 Å². The van der Waals surface area contributed by atoms with Gasteiger partial charge in [0.05, 0.1) is 12.0 Å². The smallest absolute Gasteiger partial charge is 0.356 e. The number of rotatable bonds is 3. The molecule has 0 aliphatic carbocycles. The number of carbonyl (C=O) groups excluding carboxylic acids is 1. The van der Waals surface area contributed by atoms with Gasteiger partial charge in [0.15, 0.2) is 5.69 Å². The SMILES string of the molecule is COC(=O)c1ccc([N+](=O)[O-])c(NC(C)(C)C)n1. The Morgan fingerprint density at radius 2 is 2.06 bits per heavy atom. The molecule has 98 valence electrons. The molecular weight excluding hydrogens is 238 g/mol. The highest BCUT2D eigenvalue weighted by molar-refractivity contribution is 5.88. The van der Waals surface area contributed by atoms with E-state index in [0.717, 1.165) is 0 Å². The zero-order valence-corrected chi connectivity index (χ0v) is 10.7. The van der Waals surface area contributed by atoms with Crippen LogP contribution in [0.15, 0.2) is 12.1 Å². The number of aromatic nitrogens is 1. The molecule has 1 aromatic rings. The number of pyridine rings is 1. The molecule has 1 aromatic heterocycles. The largest absolute Gasteiger partial charge is 0.464 e. The van der Waals surface area contributed by atoms with E-state index in [4.69, 9.17) is 0 Å². The molecule has 0 radical (unpaired) electrons. The molecule has 0 aromatic carbocycles. The number of hydrogen-bond acceptors (Lipinski definition) is 6. The van der Waals surface area contributed by atoms with Crippen LogP contribution < -0.4 is 5.32 Å². The van der Waals surface area contributed by atoms with Crippen molar-refractivity contribution in [3.05, 3.63) is 27.9 Å². The molecule has 0 spiro atoms. The summed E-state index contributed by atoms with van der Waals surface area (Å²) < 4.78 is 4.52. The Morgan fingerprint density at radius 3 is 2.50 bits per heavy atom. The molecule has 0 saturated heterocycles. The number of nitrogens with zero attached hydrogens (tertiary/aromatic N) is 2. The summed E-state index contributed by atoms with van der Waals surface area (Å²) in [5.41, 5.74) is -0.570. The first-order valence-electron chi connectivity index (χ1n) is 5.26. The van der Waals surface area contributed by atoms with Crippen molar-refractivity contribution in [1.29, 1.82) is 0 Å². The fourth-order valence-corrected chi connectivity index (χ4v) is 1.26. The predicted octanol–water partition coefficient (Wildman–Crippen LogP) is 1.99. The summed E-state index contributed by atoms with van der Waals surface area (Å²) in [5, 5.41) is 13.8. The van der Waals surface area contributed by atoms with Crippen molar-refractivity contribution in [1.82, 2.24) is 4.98 Å². The van der Waals surface area contributed by atoms with Crippen molar-refractivity contribution in [2.45, 2.75) is 26.3 Å². The zero-order valence-electron chi connectivity index (χ0n) is 10.7. The lowest BCUT2D eigenvalue weighted by atomic mass is 10.1. The molecule has 0 amide bonds. The first-order valence-corrected chi connectivity index (χ1v) is 5.26. The highest BCUT2D eigenvalue weighted by Gasteiger charge is 2.22. The Labute approximate surface area is 104 Å². The van der Waals surface area contributed by atoms with Gasteiger partial charge in [0.1, 0.15) is 0 Å². The Bertz CT molecular complexity index is 480. The zero-order chi connectivity index (χ0) is 13.9. The maximum atomic E-state index is 11.3. The molecular formula is C11H15N3O4. The Balaban J connectivity index is 3.24. The second-order valence-corrected chi connectivity index (χ2v) is 4.69. The molecule has 0 unspecified atom stereocenters. The number of ether oxygens (including phenoxy) is 1. The van der Waals surface area contributed by atoms with Gasteiger partial charge in [0.2, 0.25) is 5.82 Å². The third-order valence-corrected chi connectivity index (χ3v) is 1.96. The van der Waals surface area contributed by atoms with Crippen molar-refractivity contribution in [2.24, 2.45) is 0 Å². The number of methoxy groups -OCH3 is 1. The maximum absolute atomic E-state index is 11.3. The number of nitro groups is 1. The molecule has 0 aliphatic heterocycles. The van der Waals surface area contributed by atoms with Gasteiger partial charge in [-0.25, -0.2) is 9.78 Å². The molecule has 1 N–H and O–H groups in total. The molecule has 1 rings (SSSR count). The van der Waals surface area contributed by atoms with Crippen LogP contribution in [-0.2, 0) is 4.74 Å². The molecule has 0 fully saturated rings. The summed E-state index contributed by atoms with van der Waals surface area (Å²) >= 11 is 0. The minimum absolute atomic E-state index is 0.0230. The normalized spacial score (nSPS) is 10.9. The van der Waals surface area contributed by atoms with Gasteiger partial charge in [-0.15, -0.1) is 0 Å². The van der Waals surface area contributed by atoms with Gasteiger partial charge in [-0.2, -0.15) is 0 Å². The maximum Gasteiger partial charge on any atom is 0.356 e. The van der Waals surface area contributed by atoms with Crippen LogP contribution in [0.4, 0.5) is 11.5 Å². The van der Waals surface area contributed by atoms with E-state index in [0.29, 0.717) is 0 Å². The van der Waals surface area contributed by atoms with E-state index >= 15 is 0 Å². The van der Waals surface area contributed by atoms with Crippen LogP contribution in [0, 0.1) is 10.1 Å². The minimum atomic E-state index is -0.637. The van der Waals surface area contributed by atoms with Crippen molar-refractivity contribution in [3.8, 4) is 0 Å². The lowest BCUT2D eigenvalue weighted by Gasteiger charge is -2.21. The molecule has 0 atom stereocenters. The van der Waals surface area contributed by atoms with Gasteiger partial charge in [-0.3, -0.25) is 10.1 Å². The lowest BCUT2D eigenvalue weighted by Crippen LogP contribution is -2.27. The Morgan fingerprint density at radius 1 is 1.44 bits per heavy atom. The average Bonchev–Trinajstić information content (AvgIpc) is 2.25. The van der Waals surface area contributed by atoms with Gasteiger partial charge in [-0.05, 0) is 26.8 Å². The number of hydrogen-bond donors (Lipinski definition) is 1. The van der Waals surface area contributed by atoms with Crippen LogP contribution in [-0.4, -0.2) is 28.5 Å². The number of carbonyl (C=O) groups is 1. The van der Waals surface area contributed by atoms with Crippen molar-refractivity contribution >= 4 is 17.5 Å². The van der Waals surface area contributed by atoms with Crippen molar-refractivity contribution < 1.29 is 14.5 Å². The average molecular weight is 253 g/mol. The molecule has 0 aliphatic rings. The minimum Gasteiger partial charge on any atom is -0.464 e. The first-order chi connectivity index (χ1) is 8.24. The van der Waals surface area contributed by atoms with Crippen LogP contribution in [0.2, 0.25) is 0 Å². The van der Waals surface area contributed by atoms with E-state index in [1.807, 2.05) is 20.8 Å². The molecule has 7 heteroatoms. The van der Waals surface area contributed by atoms with Crippen LogP contribution in [0.25, 0.3) is 0 Å². The Kier molecular flexibility index (Phi) is 3.85. The highest BCUT2D eigenvalue weighted by atomic mass is 16.6. The van der Waals surface area contributed by atoms with Gasteiger partial charge in [0.25, 0.3) is 0 Å². The van der Waals surface area contributed by atoms with E-state index in [2.05, 4.69) is 15.0 Å². The van der Waals surface area contributed by atoms with E-state index in [9.17, 15) is 14.9 Å². The molecule has 1 heterocycles. The third-order valence-electron chi connectivity index (χ3n) is 1.96. The second-order valence-electron chi connectivity index (χ2n) is 4.69. The fourth-order valence-electron chi connectivity index (χ4n) is 1.26. The molecule has 18 heavy (non-hydrogen) atoms. The monoisotopic (exact) mass is 253 g/mol. The topological polar surface area (TPSA) is 94.4 Å². The predicted molar refractivity (Wildman–Crippen MR) is 65.6 cm³/mol. The van der Waals surface area contributed by atoms with Gasteiger partial charge in [-0.1, -0.05) is 0 Å². The van der Waals surface area contributed by atoms with Crippen molar-refractivity contribution in [2.75, 3.05) is 12.4 Å². The summed E-state index contributed by atoms with van der Waals surface area (Å²) in [6.07, 6.45) is 0. The third kappa shape index (κ3) is 3.41. The standard InChI is InChI=1S/C11H15N3O4/c1-11(2,3)13-9-8(14(16)17)6-5-7(12-9)10(15)18-4/h5-6H,1-4H3,(H,12,13). The summed E-state index contributed by atoms with van der Waals surface area (Å²) in [7, 11) is 1.22. The summed E-state index contributed by atoms with van der Waals surface area (Å²) in [6, 6.07) is 2.49. The molecule has 7 nitrogen and oxygen atoms in total. The van der Waals surface area contributed by atoms with E-state index in [1.165, 1.54) is 19.2 Å². The van der Waals surface area contributed by atoms with E-state index in [1.54, 1.807) is 0 Å². The van der Waals surface area contributed by atoms with E-state index in [-0.39, 0.29) is 17.2 Å². The molecule has 0 bridgehead atoms. The van der Waals surface area contributed by atoms with Crippen LogP contribution in [0.1, 0.15) is 31.3 Å². The van der Waals surface area contributed by atoms with Crippen LogP contribution in [0.3, 0.4) is 0 Å². The number of nitrogens with one attached hydrogen (secondary N) is 1. The van der Waals surface area contributed by atoms with Gasteiger partial charge in [0, 0.05) is 11.6 Å². The van der Waals surface area contributed by atoms with Gasteiger partial charge >= 0.3 is 11.7 Å². The quantitative estimate of drug-likeness (QED) is 0.503. The lowest BCUT2D eigenvalue weighted by molar-refractivity contribution is -0.384. The summed E-state index contributed by atoms with van der Waals surface area (Å²) in [5.74, 6) is -0.586. The molecule has 0 saturated carbocycles. The first kappa shape index (κ1) is 13.9. The number of anilines is 1. The van der Waals surface area contributed by atoms with Gasteiger partial charge < -0.3 is 10.1 Å². The summed E-state index contributed by atoms with van der Waals surface area (Å²) in [6.45, 7) is 5.51. The highest BCUT2D eigenvalue weighted by Crippen LogP contribution is 2.25. The summed E-state index contributed by atoms with van der Waals surface area (Å²) in [4.78, 5) is 25.6. The van der Waals surface area contributed by atoms with Crippen LogP contribution >= 0.6 is 0 Å². The second kappa shape index (κ2) is 4.99.